The van der Waals surface area contributed by atoms with Crippen LogP contribution in [0.1, 0.15) is 40.6 Å². The zero-order valence-electron chi connectivity index (χ0n) is 14.4. The molecule has 0 aliphatic rings. The molecule has 0 aromatic carbocycles. The van der Waals surface area contributed by atoms with Crippen molar-refractivity contribution in [3.63, 3.8) is 0 Å². The molecular weight excluding hydrogens is 336 g/mol. The van der Waals surface area contributed by atoms with E-state index < -0.39 is 0 Å². The van der Waals surface area contributed by atoms with Gasteiger partial charge < -0.3 is 9.84 Å². The summed E-state index contributed by atoms with van der Waals surface area (Å²) in [5.74, 6) is 0.841. The van der Waals surface area contributed by atoms with Gasteiger partial charge in [-0.15, -0.1) is 11.3 Å². The number of nitrogens with one attached hydrogen (secondary N) is 1. The first-order valence-corrected chi connectivity index (χ1v) is 8.95. The van der Waals surface area contributed by atoms with Gasteiger partial charge in [0.1, 0.15) is 5.69 Å². The fourth-order valence-electron chi connectivity index (χ4n) is 2.65. The van der Waals surface area contributed by atoms with Gasteiger partial charge in [-0.2, -0.15) is 4.98 Å². The maximum atomic E-state index is 12.2. The van der Waals surface area contributed by atoms with Crippen LogP contribution >= 0.6 is 11.3 Å². The van der Waals surface area contributed by atoms with Gasteiger partial charge in [0, 0.05) is 28.8 Å². The third-order valence-corrected chi connectivity index (χ3v) is 4.83. The molecule has 1 atom stereocenters. The van der Waals surface area contributed by atoms with Crippen molar-refractivity contribution in [2.45, 2.75) is 39.7 Å². The first kappa shape index (κ1) is 17.3. The average molecular weight is 356 g/mol. The standard InChI is InChI=1S/C18H20N4O2S/c1-11-10-14(13(3)25-11)12(2)20-16(23)7-8-17-21-18(22-24-17)15-6-4-5-9-19-15/h4-6,9-10,12H,7-8H2,1-3H3,(H,20,23)/t12-/m1/s1. The highest BCUT2D eigenvalue weighted by Crippen LogP contribution is 2.26. The molecule has 0 aliphatic carbocycles. The van der Waals surface area contributed by atoms with Crippen LogP contribution in [0.5, 0.6) is 0 Å². The number of rotatable bonds is 6. The van der Waals surface area contributed by atoms with Gasteiger partial charge >= 0.3 is 0 Å². The summed E-state index contributed by atoms with van der Waals surface area (Å²) in [5.41, 5.74) is 1.82. The minimum atomic E-state index is -0.0339. The lowest BCUT2D eigenvalue weighted by Crippen LogP contribution is -2.26. The Labute approximate surface area is 150 Å². The van der Waals surface area contributed by atoms with Crippen molar-refractivity contribution in [1.82, 2.24) is 20.4 Å². The van der Waals surface area contributed by atoms with Gasteiger partial charge in [-0.1, -0.05) is 11.2 Å². The number of carbonyl (C=O) groups excluding carboxylic acids is 1. The number of pyridine rings is 1. The molecule has 3 aromatic rings. The molecule has 3 heterocycles. The van der Waals surface area contributed by atoms with Crippen LogP contribution in [0.25, 0.3) is 11.5 Å². The molecule has 0 aliphatic heterocycles. The molecule has 3 rings (SSSR count). The fraction of sp³-hybridized carbons (Fsp3) is 0.333. The lowest BCUT2D eigenvalue weighted by Gasteiger charge is -2.13. The van der Waals surface area contributed by atoms with E-state index in [1.54, 1.807) is 17.5 Å². The molecule has 0 fully saturated rings. The van der Waals surface area contributed by atoms with Crippen molar-refractivity contribution in [3.05, 3.63) is 51.7 Å². The van der Waals surface area contributed by atoms with Crippen LogP contribution < -0.4 is 5.32 Å². The summed E-state index contributed by atoms with van der Waals surface area (Å²) in [6.07, 6.45) is 2.38. The molecule has 0 spiro atoms. The van der Waals surface area contributed by atoms with Crippen LogP contribution in [-0.4, -0.2) is 21.0 Å². The zero-order chi connectivity index (χ0) is 17.8. The molecule has 0 bridgehead atoms. The number of nitrogens with zero attached hydrogens (tertiary/aromatic N) is 3. The first-order valence-electron chi connectivity index (χ1n) is 8.13. The van der Waals surface area contributed by atoms with Crippen LogP contribution in [0, 0.1) is 13.8 Å². The van der Waals surface area contributed by atoms with Crippen molar-refractivity contribution in [2.75, 3.05) is 0 Å². The van der Waals surface area contributed by atoms with Crippen LogP contribution in [-0.2, 0) is 11.2 Å². The second-order valence-electron chi connectivity index (χ2n) is 5.88. The van der Waals surface area contributed by atoms with Gasteiger partial charge in [-0.25, -0.2) is 0 Å². The van der Waals surface area contributed by atoms with Crippen molar-refractivity contribution in [2.24, 2.45) is 0 Å². The Morgan fingerprint density at radius 1 is 1.36 bits per heavy atom. The van der Waals surface area contributed by atoms with E-state index in [1.807, 2.05) is 25.1 Å². The summed E-state index contributed by atoms with van der Waals surface area (Å²) in [6, 6.07) is 7.62. The smallest absolute Gasteiger partial charge is 0.227 e. The number of aromatic nitrogens is 3. The van der Waals surface area contributed by atoms with Gasteiger partial charge in [0.25, 0.3) is 0 Å². The number of amides is 1. The lowest BCUT2D eigenvalue weighted by molar-refractivity contribution is -0.121. The van der Waals surface area contributed by atoms with Crippen LogP contribution in [0.3, 0.4) is 0 Å². The first-order chi connectivity index (χ1) is 12.0. The zero-order valence-corrected chi connectivity index (χ0v) is 15.3. The Bertz CT molecular complexity index is 857. The van der Waals surface area contributed by atoms with Crippen molar-refractivity contribution >= 4 is 17.2 Å². The van der Waals surface area contributed by atoms with Gasteiger partial charge in [0.05, 0.1) is 6.04 Å². The van der Waals surface area contributed by atoms with E-state index in [1.165, 1.54) is 15.3 Å². The van der Waals surface area contributed by atoms with E-state index in [-0.39, 0.29) is 11.9 Å². The Balaban J connectivity index is 1.54. The predicted octanol–water partition coefficient (Wildman–Crippen LogP) is 3.62. The number of aryl methyl sites for hydroxylation is 3. The lowest BCUT2D eigenvalue weighted by atomic mass is 10.1. The molecule has 1 amide bonds. The summed E-state index contributed by atoms with van der Waals surface area (Å²) in [7, 11) is 0. The fourth-order valence-corrected chi connectivity index (χ4v) is 3.67. The summed E-state index contributed by atoms with van der Waals surface area (Å²) < 4.78 is 5.20. The van der Waals surface area contributed by atoms with Crippen LogP contribution in [0.15, 0.2) is 35.0 Å². The maximum absolute atomic E-state index is 12.2. The molecule has 130 valence electrons. The summed E-state index contributed by atoms with van der Waals surface area (Å²) in [4.78, 5) is 23.1. The summed E-state index contributed by atoms with van der Waals surface area (Å²) in [5, 5.41) is 6.93. The van der Waals surface area contributed by atoms with E-state index in [4.69, 9.17) is 4.52 Å². The molecule has 0 radical (unpaired) electrons. The second-order valence-corrected chi connectivity index (χ2v) is 7.34. The Hall–Kier alpha value is -2.54. The van der Waals surface area contributed by atoms with E-state index in [9.17, 15) is 4.79 Å². The van der Waals surface area contributed by atoms with Gasteiger partial charge in [-0.05, 0) is 44.5 Å². The minimum absolute atomic E-state index is 0.00999. The Kier molecular flexibility index (Phi) is 5.23. The molecular formula is C18H20N4O2S. The number of thiophene rings is 1. The van der Waals surface area contributed by atoms with E-state index in [0.29, 0.717) is 30.3 Å². The van der Waals surface area contributed by atoms with Crippen LogP contribution in [0.2, 0.25) is 0 Å². The average Bonchev–Trinajstić information content (AvgIpc) is 3.20. The second kappa shape index (κ2) is 7.57. The molecule has 25 heavy (non-hydrogen) atoms. The third kappa shape index (κ3) is 4.30. The highest BCUT2D eigenvalue weighted by Gasteiger charge is 2.15. The Morgan fingerprint density at radius 3 is 2.88 bits per heavy atom. The normalized spacial score (nSPS) is 12.1. The summed E-state index contributed by atoms with van der Waals surface area (Å²) in [6.45, 7) is 6.15. The number of hydrogen-bond donors (Lipinski definition) is 1. The van der Waals surface area contributed by atoms with E-state index in [0.717, 1.165) is 0 Å². The van der Waals surface area contributed by atoms with Crippen molar-refractivity contribution in [1.29, 1.82) is 0 Å². The topological polar surface area (TPSA) is 80.9 Å². The molecule has 0 saturated carbocycles. The monoisotopic (exact) mass is 356 g/mol. The minimum Gasteiger partial charge on any atom is -0.350 e. The van der Waals surface area contributed by atoms with Crippen molar-refractivity contribution in [3.8, 4) is 11.5 Å². The maximum Gasteiger partial charge on any atom is 0.227 e. The molecule has 1 N–H and O–H groups in total. The molecule has 0 unspecified atom stereocenters. The predicted molar refractivity (Wildman–Crippen MR) is 96.2 cm³/mol. The molecule has 0 saturated heterocycles. The number of carbonyl (C=O) groups is 1. The highest BCUT2D eigenvalue weighted by molar-refractivity contribution is 7.12. The van der Waals surface area contributed by atoms with Gasteiger partial charge in [0.15, 0.2) is 0 Å². The SMILES string of the molecule is Cc1cc([C@@H](C)NC(=O)CCc2nc(-c3ccccn3)no2)c(C)s1. The third-order valence-electron chi connectivity index (χ3n) is 3.85. The quantitative estimate of drug-likeness (QED) is 0.729. The molecule has 7 heteroatoms. The number of hydrogen-bond acceptors (Lipinski definition) is 6. The van der Waals surface area contributed by atoms with Gasteiger partial charge in [-0.3, -0.25) is 9.78 Å². The van der Waals surface area contributed by atoms with E-state index in [2.05, 4.69) is 40.4 Å². The summed E-state index contributed by atoms with van der Waals surface area (Å²) >= 11 is 1.75. The van der Waals surface area contributed by atoms with Gasteiger partial charge in [0.2, 0.25) is 17.6 Å². The highest BCUT2D eigenvalue weighted by atomic mass is 32.1. The van der Waals surface area contributed by atoms with Crippen LogP contribution in [0.4, 0.5) is 0 Å². The van der Waals surface area contributed by atoms with E-state index >= 15 is 0 Å². The van der Waals surface area contributed by atoms with Crippen molar-refractivity contribution < 1.29 is 9.32 Å². The molecule has 3 aromatic heterocycles. The largest absolute Gasteiger partial charge is 0.350 e. The Morgan fingerprint density at radius 2 is 2.20 bits per heavy atom. The molecule has 6 nitrogen and oxygen atoms in total.